The molecule has 0 spiro atoms. The first kappa shape index (κ1) is 9.35. The Morgan fingerprint density at radius 3 is 2.88 bits per heavy atom. The average Bonchev–Trinajstić information content (AvgIpc) is 2.87. The molecule has 0 saturated heterocycles. The van der Waals surface area contributed by atoms with Crippen molar-refractivity contribution in [3.8, 4) is 22.8 Å². The highest BCUT2D eigenvalue weighted by atomic mass is 35.5. The fraction of sp³-hybridized carbons (Fsp3) is 0.100. The van der Waals surface area contributed by atoms with Crippen molar-refractivity contribution in [2.24, 2.45) is 0 Å². The molecule has 0 atom stereocenters. The van der Waals surface area contributed by atoms with Crippen LogP contribution in [0.1, 0.15) is 0 Å². The molecule has 5 nitrogen and oxygen atoms in total. The SMILES string of the molecule is Nc1cc(-c2ccc(Cl)c3c2OCO3)[nH]n1. The van der Waals surface area contributed by atoms with Gasteiger partial charge in [-0.3, -0.25) is 5.10 Å². The molecule has 0 saturated carbocycles. The third-order valence-electron chi connectivity index (χ3n) is 2.36. The first-order chi connectivity index (χ1) is 7.75. The Bertz CT molecular complexity index is 553. The van der Waals surface area contributed by atoms with E-state index in [-0.39, 0.29) is 6.79 Å². The quantitative estimate of drug-likeness (QED) is 0.796. The van der Waals surface area contributed by atoms with E-state index in [0.29, 0.717) is 22.3 Å². The number of fused-ring (bicyclic) bond motifs is 1. The molecule has 1 aromatic carbocycles. The van der Waals surface area contributed by atoms with Crippen molar-refractivity contribution in [1.29, 1.82) is 0 Å². The lowest BCUT2D eigenvalue weighted by Gasteiger charge is -2.04. The minimum atomic E-state index is 0.176. The van der Waals surface area contributed by atoms with Crippen molar-refractivity contribution in [1.82, 2.24) is 10.2 Å². The van der Waals surface area contributed by atoms with Crippen LogP contribution in [0.4, 0.5) is 5.82 Å². The van der Waals surface area contributed by atoms with Crippen LogP contribution in [0.15, 0.2) is 18.2 Å². The highest BCUT2D eigenvalue weighted by Gasteiger charge is 2.22. The van der Waals surface area contributed by atoms with Gasteiger partial charge in [0.2, 0.25) is 6.79 Å². The largest absolute Gasteiger partial charge is 0.453 e. The predicted octanol–water partition coefficient (Wildman–Crippen LogP) is 2.04. The zero-order chi connectivity index (χ0) is 11.1. The normalized spacial score (nSPS) is 13.1. The number of nitrogens with two attached hydrogens (primary N) is 1. The number of nitrogen functional groups attached to an aromatic ring is 1. The number of benzene rings is 1. The second-order valence-electron chi connectivity index (χ2n) is 3.37. The van der Waals surface area contributed by atoms with Crippen molar-refractivity contribution >= 4 is 17.4 Å². The van der Waals surface area contributed by atoms with Crippen LogP contribution in [0, 0.1) is 0 Å². The molecular formula is C10H8ClN3O2. The van der Waals surface area contributed by atoms with Gasteiger partial charge in [0.1, 0.15) is 5.82 Å². The Kier molecular flexibility index (Phi) is 1.94. The van der Waals surface area contributed by atoms with E-state index in [4.69, 9.17) is 26.8 Å². The molecular weight excluding hydrogens is 230 g/mol. The van der Waals surface area contributed by atoms with Gasteiger partial charge >= 0.3 is 0 Å². The fourth-order valence-electron chi connectivity index (χ4n) is 1.65. The van der Waals surface area contributed by atoms with E-state index in [1.165, 1.54) is 0 Å². The van der Waals surface area contributed by atoms with Gasteiger partial charge in [-0.25, -0.2) is 0 Å². The van der Waals surface area contributed by atoms with E-state index in [2.05, 4.69) is 10.2 Å². The Morgan fingerprint density at radius 2 is 2.12 bits per heavy atom. The summed E-state index contributed by atoms with van der Waals surface area (Å²) in [5.74, 6) is 1.61. The second kappa shape index (κ2) is 3.31. The van der Waals surface area contributed by atoms with Crippen LogP contribution in [0.2, 0.25) is 5.02 Å². The van der Waals surface area contributed by atoms with Gasteiger partial charge in [0.25, 0.3) is 0 Å². The molecule has 3 N–H and O–H groups in total. The molecule has 1 aromatic heterocycles. The zero-order valence-corrected chi connectivity index (χ0v) is 8.91. The number of rotatable bonds is 1. The number of ether oxygens (including phenoxy) is 2. The second-order valence-corrected chi connectivity index (χ2v) is 3.77. The van der Waals surface area contributed by atoms with Crippen molar-refractivity contribution in [3.05, 3.63) is 23.2 Å². The predicted molar refractivity (Wildman–Crippen MR) is 59.6 cm³/mol. The molecule has 1 aliphatic rings. The van der Waals surface area contributed by atoms with E-state index < -0.39 is 0 Å². The molecule has 16 heavy (non-hydrogen) atoms. The molecule has 3 rings (SSSR count). The summed E-state index contributed by atoms with van der Waals surface area (Å²) < 4.78 is 10.7. The molecule has 6 heteroatoms. The number of hydrogen-bond donors (Lipinski definition) is 2. The number of halogens is 1. The molecule has 0 fully saturated rings. The molecule has 0 aliphatic carbocycles. The summed E-state index contributed by atoms with van der Waals surface area (Å²) >= 11 is 5.98. The number of nitrogens with zero attached hydrogens (tertiary/aromatic N) is 1. The average molecular weight is 238 g/mol. The maximum absolute atomic E-state index is 5.98. The summed E-state index contributed by atoms with van der Waals surface area (Å²) in [5, 5.41) is 7.21. The molecule has 0 unspecified atom stereocenters. The lowest BCUT2D eigenvalue weighted by molar-refractivity contribution is 0.174. The molecule has 0 radical (unpaired) electrons. The monoisotopic (exact) mass is 237 g/mol. The molecule has 0 bridgehead atoms. The van der Waals surface area contributed by atoms with Gasteiger partial charge in [-0.2, -0.15) is 5.10 Å². The summed E-state index contributed by atoms with van der Waals surface area (Å²) in [6.45, 7) is 0.176. The van der Waals surface area contributed by atoms with Crippen LogP contribution in [-0.4, -0.2) is 17.0 Å². The van der Waals surface area contributed by atoms with Crippen LogP contribution in [0.3, 0.4) is 0 Å². The maximum Gasteiger partial charge on any atom is 0.231 e. The molecule has 82 valence electrons. The van der Waals surface area contributed by atoms with Gasteiger partial charge in [-0.15, -0.1) is 0 Å². The van der Waals surface area contributed by atoms with Crippen LogP contribution in [-0.2, 0) is 0 Å². The molecule has 0 amide bonds. The Morgan fingerprint density at radius 1 is 1.31 bits per heavy atom. The van der Waals surface area contributed by atoms with Crippen molar-refractivity contribution in [2.75, 3.05) is 12.5 Å². The topological polar surface area (TPSA) is 73.2 Å². The summed E-state index contributed by atoms with van der Waals surface area (Å²) in [6, 6.07) is 5.31. The molecule has 1 aliphatic heterocycles. The Labute approximate surface area is 96.1 Å². The van der Waals surface area contributed by atoms with Crippen LogP contribution in [0.5, 0.6) is 11.5 Å². The number of H-pyrrole nitrogens is 1. The van der Waals surface area contributed by atoms with E-state index in [0.717, 1.165) is 11.3 Å². The number of nitrogens with one attached hydrogen (secondary N) is 1. The van der Waals surface area contributed by atoms with Crippen LogP contribution >= 0.6 is 11.6 Å². The van der Waals surface area contributed by atoms with Gasteiger partial charge in [-0.05, 0) is 12.1 Å². The minimum absolute atomic E-state index is 0.176. The first-order valence-corrected chi connectivity index (χ1v) is 5.03. The van der Waals surface area contributed by atoms with Gasteiger partial charge in [0.05, 0.1) is 10.7 Å². The van der Waals surface area contributed by atoms with Gasteiger partial charge in [0, 0.05) is 11.6 Å². The third kappa shape index (κ3) is 1.29. The van der Waals surface area contributed by atoms with Gasteiger partial charge in [0.15, 0.2) is 11.5 Å². The summed E-state index contributed by atoms with van der Waals surface area (Å²) in [7, 11) is 0. The number of anilines is 1. The summed E-state index contributed by atoms with van der Waals surface area (Å²) in [4.78, 5) is 0. The lowest BCUT2D eigenvalue weighted by Crippen LogP contribution is -1.93. The van der Waals surface area contributed by atoms with E-state index in [1.54, 1.807) is 12.1 Å². The first-order valence-electron chi connectivity index (χ1n) is 4.65. The summed E-state index contributed by atoms with van der Waals surface area (Å²) in [6.07, 6.45) is 0. The van der Waals surface area contributed by atoms with E-state index in [1.807, 2.05) is 6.07 Å². The van der Waals surface area contributed by atoms with E-state index >= 15 is 0 Å². The smallest absolute Gasteiger partial charge is 0.231 e. The third-order valence-corrected chi connectivity index (χ3v) is 2.66. The Balaban J connectivity index is 2.19. The highest BCUT2D eigenvalue weighted by Crippen LogP contribution is 2.45. The van der Waals surface area contributed by atoms with Crippen LogP contribution in [0.25, 0.3) is 11.3 Å². The highest BCUT2D eigenvalue weighted by molar-refractivity contribution is 6.32. The fourth-order valence-corrected chi connectivity index (χ4v) is 1.85. The zero-order valence-electron chi connectivity index (χ0n) is 8.16. The molecule has 2 aromatic rings. The maximum atomic E-state index is 5.98. The number of aromatic nitrogens is 2. The lowest BCUT2D eigenvalue weighted by atomic mass is 10.1. The standard InChI is InChI=1S/C10H8ClN3O2/c11-6-2-1-5(7-3-8(12)14-13-7)9-10(6)16-4-15-9/h1-3H,4H2,(H3,12,13,14). The van der Waals surface area contributed by atoms with Crippen molar-refractivity contribution < 1.29 is 9.47 Å². The summed E-state index contributed by atoms with van der Waals surface area (Å²) in [5.41, 5.74) is 7.16. The minimum Gasteiger partial charge on any atom is -0.453 e. The van der Waals surface area contributed by atoms with E-state index in [9.17, 15) is 0 Å². The van der Waals surface area contributed by atoms with Gasteiger partial charge < -0.3 is 15.2 Å². The van der Waals surface area contributed by atoms with Gasteiger partial charge in [-0.1, -0.05) is 11.6 Å². The van der Waals surface area contributed by atoms with Crippen molar-refractivity contribution in [2.45, 2.75) is 0 Å². The Hall–Kier alpha value is -1.88. The molecule has 2 heterocycles. The number of hydrogen-bond acceptors (Lipinski definition) is 4. The number of aromatic amines is 1. The van der Waals surface area contributed by atoms with Crippen LogP contribution < -0.4 is 15.2 Å². The van der Waals surface area contributed by atoms with Crippen molar-refractivity contribution in [3.63, 3.8) is 0 Å².